The molecule has 50 heavy (non-hydrogen) atoms. The lowest BCUT2D eigenvalue weighted by Crippen LogP contribution is -2.28. The summed E-state index contributed by atoms with van der Waals surface area (Å²) in [6.45, 7) is 3.98. The molecule has 0 fully saturated rings. The zero-order valence-electron chi connectivity index (χ0n) is 32.4. The van der Waals surface area contributed by atoms with Gasteiger partial charge in [0.05, 0.1) is 6.61 Å². The summed E-state index contributed by atoms with van der Waals surface area (Å²) in [5.41, 5.74) is 0. The first-order chi connectivity index (χ1) is 24.6. The molecule has 0 bridgehead atoms. The van der Waals surface area contributed by atoms with E-state index in [0.717, 1.165) is 77.0 Å². The molecular weight excluding hydrogens is 620 g/mol. The van der Waals surface area contributed by atoms with Crippen LogP contribution < -0.4 is 0 Å². The third-order valence-corrected chi connectivity index (χ3v) is 8.48. The lowest BCUT2D eigenvalue weighted by molar-refractivity contribution is -0.161. The largest absolute Gasteiger partial charge is 0.462 e. The number of hydrogen-bond donors (Lipinski definition) is 1. The highest BCUT2D eigenvalue weighted by molar-refractivity contribution is 5.70. The average molecular weight is 697 g/mol. The smallest absolute Gasteiger partial charge is 0.306 e. The molecule has 0 radical (unpaired) electrons. The Morgan fingerprint density at radius 3 is 1.34 bits per heavy atom. The van der Waals surface area contributed by atoms with Crippen LogP contribution in [0.15, 0.2) is 72.9 Å². The Bertz CT molecular complexity index is 926. The van der Waals surface area contributed by atoms with Crippen molar-refractivity contribution in [2.75, 3.05) is 13.2 Å². The van der Waals surface area contributed by atoms with E-state index in [1.807, 2.05) is 0 Å². The summed E-state index contributed by atoms with van der Waals surface area (Å²) in [6.07, 6.45) is 53.9. The number of carbonyl (C=O) groups is 2. The molecule has 0 amide bonds. The van der Waals surface area contributed by atoms with Crippen molar-refractivity contribution in [3.63, 3.8) is 0 Å². The molecule has 1 N–H and O–H groups in total. The van der Waals surface area contributed by atoms with E-state index >= 15 is 0 Å². The van der Waals surface area contributed by atoms with E-state index in [-0.39, 0.29) is 25.2 Å². The Morgan fingerprint density at radius 2 is 0.860 bits per heavy atom. The summed E-state index contributed by atoms with van der Waals surface area (Å²) in [4.78, 5) is 24.3. The van der Waals surface area contributed by atoms with Gasteiger partial charge in [-0.15, -0.1) is 0 Å². The first kappa shape index (κ1) is 47.3. The molecule has 1 atom stereocenters. The lowest BCUT2D eigenvalue weighted by atomic mass is 10.1. The van der Waals surface area contributed by atoms with Crippen LogP contribution in [0.3, 0.4) is 0 Å². The van der Waals surface area contributed by atoms with Gasteiger partial charge in [0.25, 0.3) is 0 Å². The minimum Gasteiger partial charge on any atom is -0.462 e. The molecule has 5 heteroatoms. The summed E-state index contributed by atoms with van der Waals surface area (Å²) in [7, 11) is 0. The number of esters is 2. The van der Waals surface area contributed by atoms with Crippen molar-refractivity contribution in [3.8, 4) is 0 Å². The van der Waals surface area contributed by atoms with E-state index in [1.54, 1.807) is 0 Å². The second kappa shape index (κ2) is 40.8. The van der Waals surface area contributed by atoms with Crippen LogP contribution in [-0.2, 0) is 19.1 Å². The SMILES string of the molecule is CC/C=C/C/C=C/C/C=C/C/C=C/C/C=C/CCCCCC(=O)O[C@@H](CO)COC(=O)CCCCCCCCC/C=C/CCCCCCCC. The molecule has 5 nitrogen and oxygen atoms in total. The van der Waals surface area contributed by atoms with E-state index in [2.05, 4.69) is 86.8 Å². The molecule has 0 aliphatic heterocycles. The van der Waals surface area contributed by atoms with Gasteiger partial charge in [0.2, 0.25) is 0 Å². The van der Waals surface area contributed by atoms with Crippen molar-refractivity contribution in [1.29, 1.82) is 0 Å². The summed E-state index contributed by atoms with van der Waals surface area (Å²) < 4.78 is 10.6. The van der Waals surface area contributed by atoms with Crippen molar-refractivity contribution in [1.82, 2.24) is 0 Å². The molecule has 0 spiro atoms. The molecule has 0 heterocycles. The highest BCUT2D eigenvalue weighted by atomic mass is 16.6. The van der Waals surface area contributed by atoms with E-state index in [9.17, 15) is 14.7 Å². The van der Waals surface area contributed by atoms with Crippen LogP contribution in [0, 0.1) is 0 Å². The van der Waals surface area contributed by atoms with Gasteiger partial charge in [-0.3, -0.25) is 9.59 Å². The van der Waals surface area contributed by atoms with Crippen LogP contribution in [0.1, 0.15) is 181 Å². The van der Waals surface area contributed by atoms with Crippen LogP contribution in [-0.4, -0.2) is 36.4 Å². The number of aliphatic hydroxyl groups is 1. The third-order valence-electron chi connectivity index (χ3n) is 8.48. The first-order valence-electron chi connectivity index (χ1n) is 20.5. The van der Waals surface area contributed by atoms with Gasteiger partial charge in [0, 0.05) is 12.8 Å². The summed E-state index contributed by atoms with van der Waals surface area (Å²) in [5.74, 6) is -0.638. The molecule has 0 aromatic rings. The number of allylic oxidation sites excluding steroid dienone is 12. The summed E-state index contributed by atoms with van der Waals surface area (Å²) >= 11 is 0. The fourth-order valence-electron chi connectivity index (χ4n) is 5.40. The first-order valence-corrected chi connectivity index (χ1v) is 20.5. The van der Waals surface area contributed by atoms with E-state index in [4.69, 9.17) is 9.47 Å². The van der Waals surface area contributed by atoms with Gasteiger partial charge < -0.3 is 14.6 Å². The predicted molar refractivity (Wildman–Crippen MR) is 214 cm³/mol. The zero-order valence-corrected chi connectivity index (χ0v) is 32.4. The summed E-state index contributed by atoms with van der Waals surface area (Å²) in [6, 6.07) is 0. The van der Waals surface area contributed by atoms with Crippen molar-refractivity contribution in [3.05, 3.63) is 72.9 Å². The normalized spacial score (nSPS) is 12.9. The van der Waals surface area contributed by atoms with Crippen molar-refractivity contribution in [2.24, 2.45) is 0 Å². The Morgan fingerprint density at radius 1 is 0.480 bits per heavy atom. The molecule has 0 aromatic carbocycles. The van der Waals surface area contributed by atoms with E-state index in [0.29, 0.717) is 12.8 Å². The zero-order chi connectivity index (χ0) is 36.4. The molecule has 0 aliphatic rings. The molecule has 0 saturated carbocycles. The van der Waals surface area contributed by atoms with Gasteiger partial charge in [0.1, 0.15) is 6.61 Å². The standard InChI is InChI=1S/C45H76O5/c1-3-5-7-9-11-13-15-17-19-21-22-24-26-28-30-32-34-36-38-40-45(48)50-43(41-46)42-49-44(47)39-37-35-33-31-29-27-25-23-20-18-16-14-12-10-8-6-4-2/h5,7,11,13,17-20,22,24,28,30,43,46H,3-4,6,8-10,12,14-16,21,23,25-27,29,31-42H2,1-2H3/b7-5+,13-11+,19-17+,20-18+,24-22+,30-28+/t43-/m0/s1. The Labute approximate surface area is 308 Å². The molecular formula is C45H76O5. The molecule has 0 rings (SSSR count). The number of aliphatic hydroxyl groups excluding tert-OH is 1. The Hall–Kier alpha value is -2.66. The van der Waals surface area contributed by atoms with Crippen LogP contribution in [0.4, 0.5) is 0 Å². The van der Waals surface area contributed by atoms with Crippen LogP contribution in [0.5, 0.6) is 0 Å². The number of hydrogen-bond acceptors (Lipinski definition) is 5. The second-order valence-electron chi connectivity index (χ2n) is 13.3. The highest BCUT2D eigenvalue weighted by Crippen LogP contribution is 2.12. The maximum atomic E-state index is 12.2. The van der Waals surface area contributed by atoms with Gasteiger partial charge in [-0.05, 0) is 83.5 Å². The number of carbonyl (C=O) groups excluding carboxylic acids is 2. The number of ether oxygens (including phenoxy) is 2. The molecule has 0 unspecified atom stereocenters. The van der Waals surface area contributed by atoms with Crippen molar-refractivity contribution < 1.29 is 24.2 Å². The second-order valence-corrected chi connectivity index (χ2v) is 13.3. The third kappa shape index (κ3) is 38.1. The van der Waals surface area contributed by atoms with Gasteiger partial charge >= 0.3 is 11.9 Å². The van der Waals surface area contributed by atoms with Gasteiger partial charge in [-0.25, -0.2) is 0 Å². The Balaban J connectivity index is 3.65. The van der Waals surface area contributed by atoms with E-state index in [1.165, 1.54) is 77.0 Å². The minimum atomic E-state index is -0.793. The Kier molecular flexibility index (Phi) is 38.6. The highest BCUT2D eigenvalue weighted by Gasteiger charge is 2.16. The van der Waals surface area contributed by atoms with Crippen molar-refractivity contribution >= 4 is 11.9 Å². The predicted octanol–water partition coefficient (Wildman–Crippen LogP) is 13.0. The fourth-order valence-corrected chi connectivity index (χ4v) is 5.40. The van der Waals surface area contributed by atoms with Gasteiger partial charge in [-0.2, -0.15) is 0 Å². The monoisotopic (exact) mass is 697 g/mol. The maximum absolute atomic E-state index is 12.2. The van der Waals surface area contributed by atoms with E-state index < -0.39 is 6.10 Å². The topological polar surface area (TPSA) is 72.8 Å². The van der Waals surface area contributed by atoms with Crippen LogP contribution in [0.25, 0.3) is 0 Å². The molecule has 0 aliphatic carbocycles. The van der Waals surface area contributed by atoms with Crippen LogP contribution >= 0.6 is 0 Å². The maximum Gasteiger partial charge on any atom is 0.306 e. The van der Waals surface area contributed by atoms with Gasteiger partial charge in [-0.1, -0.05) is 157 Å². The summed E-state index contributed by atoms with van der Waals surface area (Å²) in [5, 5.41) is 9.56. The van der Waals surface area contributed by atoms with Crippen LogP contribution in [0.2, 0.25) is 0 Å². The minimum absolute atomic E-state index is 0.0848. The molecule has 0 saturated heterocycles. The number of unbranched alkanes of at least 4 members (excludes halogenated alkanes) is 16. The van der Waals surface area contributed by atoms with Crippen molar-refractivity contribution in [2.45, 2.75) is 187 Å². The molecule has 286 valence electrons. The average Bonchev–Trinajstić information content (AvgIpc) is 3.12. The van der Waals surface area contributed by atoms with Gasteiger partial charge in [0.15, 0.2) is 6.10 Å². The quantitative estimate of drug-likeness (QED) is 0.0401. The number of rotatable bonds is 36. The lowest BCUT2D eigenvalue weighted by Gasteiger charge is -2.15. The molecule has 0 aromatic heterocycles. The fraction of sp³-hybridized carbons (Fsp3) is 0.689.